The van der Waals surface area contributed by atoms with Crippen LogP contribution in [0.1, 0.15) is 129 Å². The largest absolute Gasteiger partial charge is 1.00 e. The molecule has 0 aromatic carbocycles. The van der Waals surface area contributed by atoms with Crippen molar-refractivity contribution in [3.05, 3.63) is 0 Å². The first-order chi connectivity index (χ1) is 12.9. The molecule has 0 rings (SSSR count). The van der Waals surface area contributed by atoms with Crippen molar-refractivity contribution >= 4 is 10.1 Å². The minimum absolute atomic E-state index is 0. The van der Waals surface area contributed by atoms with E-state index in [4.69, 9.17) is 0 Å². The van der Waals surface area contributed by atoms with Crippen molar-refractivity contribution in [2.75, 3.05) is 0 Å². The molecule has 6 heteroatoms. The summed E-state index contributed by atoms with van der Waals surface area (Å²) in [7, 11) is -4.25. The number of hydrogen-bond acceptors (Lipinski definition) is 4. The van der Waals surface area contributed by atoms with Gasteiger partial charge in [0.05, 0.1) is 16.2 Å². The summed E-state index contributed by atoms with van der Waals surface area (Å²) in [5, 5.41) is 8.75. The molecule has 0 aromatic heterocycles. The second-order valence-electron chi connectivity index (χ2n) is 8.14. The van der Waals surface area contributed by atoms with Crippen LogP contribution in [0.3, 0.4) is 0 Å². The second-order valence-corrected chi connectivity index (χ2v) is 9.79. The van der Waals surface area contributed by atoms with Gasteiger partial charge in [0.2, 0.25) is 0 Å². The molecule has 2 atom stereocenters. The third kappa shape index (κ3) is 20.2. The Morgan fingerprint density at radius 3 is 1.43 bits per heavy atom. The van der Waals surface area contributed by atoms with E-state index >= 15 is 0 Å². The fourth-order valence-corrected chi connectivity index (χ4v) is 4.46. The maximum atomic E-state index is 11.4. The Morgan fingerprint density at radius 1 is 0.679 bits per heavy atom. The molecule has 0 heterocycles. The summed E-state index contributed by atoms with van der Waals surface area (Å²) in [6.07, 6.45) is 18.9. The Morgan fingerprint density at radius 2 is 1.07 bits per heavy atom. The summed E-state index contributed by atoms with van der Waals surface area (Å²) < 4.78 is 34.1. The van der Waals surface area contributed by atoms with Gasteiger partial charge in [-0.3, -0.25) is 0 Å². The van der Waals surface area contributed by atoms with Crippen molar-refractivity contribution in [3.63, 3.8) is 0 Å². The Hall–Kier alpha value is 0.870. The standard InChI is InChI=1S/C22H46O4S.Na/c1-3-5-6-7-8-9-10-11-12-13-14-15-16-17-18-22(27(24,25)26)20-19-21(23)4-2;/h21-23H,3-20H2,1-2H3,(H,24,25,26);/q;+1/p-1. The van der Waals surface area contributed by atoms with Gasteiger partial charge >= 0.3 is 29.6 Å². The Balaban J connectivity index is 0. The molecule has 2 unspecified atom stereocenters. The van der Waals surface area contributed by atoms with E-state index in [1.165, 1.54) is 70.6 Å². The van der Waals surface area contributed by atoms with Crippen molar-refractivity contribution in [1.82, 2.24) is 0 Å². The number of aliphatic hydroxyl groups excluding tert-OH is 1. The molecule has 0 aliphatic heterocycles. The van der Waals surface area contributed by atoms with Gasteiger partial charge in [-0.05, 0) is 25.7 Å². The van der Waals surface area contributed by atoms with E-state index in [0.29, 0.717) is 25.7 Å². The molecule has 0 aliphatic carbocycles. The fourth-order valence-electron chi connectivity index (χ4n) is 3.58. The second kappa shape index (κ2) is 21.1. The number of rotatable bonds is 20. The predicted molar refractivity (Wildman–Crippen MR) is 114 cm³/mol. The summed E-state index contributed by atoms with van der Waals surface area (Å²) in [5.41, 5.74) is 0. The van der Waals surface area contributed by atoms with Gasteiger partial charge in [0.1, 0.15) is 0 Å². The third-order valence-corrected chi connectivity index (χ3v) is 6.87. The summed E-state index contributed by atoms with van der Waals surface area (Å²) in [6, 6.07) is 0. The van der Waals surface area contributed by atoms with E-state index in [0.717, 1.165) is 19.3 Å². The minimum Gasteiger partial charge on any atom is -0.748 e. The van der Waals surface area contributed by atoms with Crippen molar-refractivity contribution in [2.24, 2.45) is 0 Å². The van der Waals surface area contributed by atoms with E-state index in [9.17, 15) is 18.1 Å². The van der Waals surface area contributed by atoms with Crippen molar-refractivity contribution < 1.29 is 47.6 Å². The third-order valence-electron chi connectivity index (χ3n) is 5.58. The number of hydrogen-bond donors (Lipinski definition) is 1. The Bertz CT molecular complexity index is 415. The number of unbranched alkanes of at least 4 members (excludes halogenated alkanes) is 13. The molecule has 0 aliphatic rings. The molecular weight excluding hydrogens is 383 g/mol. The molecule has 0 amide bonds. The van der Waals surface area contributed by atoms with Gasteiger partial charge in [-0.25, -0.2) is 8.42 Å². The Labute approximate surface area is 197 Å². The predicted octanol–water partition coefficient (Wildman–Crippen LogP) is 3.33. The molecule has 0 spiro atoms. The molecule has 0 saturated carbocycles. The van der Waals surface area contributed by atoms with Crippen LogP contribution in [0.4, 0.5) is 0 Å². The molecular formula is C22H45NaO4S. The molecule has 28 heavy (non-hydrogen) atoms. The number of aliphatic hydroxyl groups is 1. The van der Waals surface area contributed by atoms with Gasteiger partial charge < -0.3 is 9.66 Å². The van der Waals surface area contributed by atoms with Crippen LogP contribution in [0.5, 0.6) is 0 Å². The van der Waals surface area contributed by atoms with Crippen LogP contribution in [0.2, 0.25) is 0 Å². The summed E-state index contributed by atoms with van der Waals surface area (Å²) in [4.78, 5) is 0. The summed E-state index contributed by atoms with van der Waals surface area (Å²) >= 11 is 0. The van der Waals surface area contributed by atoms with E-state index in [-0.39, 0.29) is 29.6 Å². The van der Waals surface area contributed by atoms with E-state index in [1.807, 2.05) is 6.92 Å². The monoisotopic (exact) mass is 428 g/mol. The smallest absolute Gasteiger partial charge is 0.748 e. The zero-order valence-electron chi connectivity index (χ0n) is 19.0. The molecule has 0 fully saturated rings. The van der Waals surface area contributed by atoms with E-state index in [1.54, 1.807) is 0 Å². The first-order valence-corrected chi connectivity index (χ1v) is 13.0. The van der Waals surface area contributed by atoms with Gasteiger partial charge in [-0.1, -0.05) is 104 Å². The molecule has 0 bridgehead atoms. The van der Waals surface area contributed by atoms with Crippen LogP contribution in [-0.2, 0) is 10.1 Å². The van der Waals surface area contributed by atoms with Crippen molar-refractivity contribution in [2.45, 2.75) is 141 Å². The average molecular weight is 429 g/mol. The van der Waals surface area contributed by atoms with E-state index in [2.05, 4.69) is 6.92 Å². The maximum absolute atomic E-state index is 11.4. The minimum atomic E-state index is -4.25. The molecule has 1 N–H and O–H groups in total. The molecule has 164 valence electrons. The first kappa shape index (κ1) is 31.1. The topological polar surface area (TPSA) is 77.4 Å². The van der Waals surface area contributed by atoms with Gasteiger partial charge in [-0.2, -0.15) is 0 Å². The first-order valence-electron chi connectivity index (χ1n) is 11.5. The quantitative estimate of drug-likeness (QED) is 0.183. The van der Waals surface area contributed by atoms with Crippen LogP contribution in [-0.4, -0.2) is 29.4 Å². The molecule has 0 saturated heterocycles. The van der Waals surface area contributed by atoms with Crippen LogP contribution < -0.4 is 29.6 Å². The molecule has 0 radical (unpaired) electrons. The van der Waals surface area contributed by atoms with Crippen molar-refractivity contribution in [1.29, 1.82) is 0 Å². The van der Waals surface area contributed by atoms with Gasteiger partial charge in [0, 0.05) is 5.25 Å². The van der Waals surface area contributed by atoms with Gasteiger partial charge in [-0.15, -0.1) is 0 Å². The van der Waals surface area contributed by atoms with Crippen LogP contribution >= 0.6 is 0 Å². The van der Waals surface area contributed by atoms with Crippen LogP contribution in [0, 0.1) is 0 Å². The normalized spacial score (nSPS) is 13.9. The fraction of sp³-hybridized carbons (Fsp3) is 1.00. The SMILES string of the molecule is CCCCCCCCCCCCCCCCC(CCC(O)CC)S(=O)(=O)[O-].[Na+]. The summed E-state index contributed by atoms with van der Waals surface area (Å²) in [5.74, 6) is 0. The average Bonchev–Trinajstić information content (AvgIpc) is 2.62. The van der Waals surface area contributed by atoms with E-state index < -0.39 is 21.5 Å². The zero-order chi connectivity index (χ0) is 20.4. The molecule has 0 aromatic rings. The summed E-state index contributed by atoms with van der Waals surface area (Å²) in [6.45, 7) is 4.11. The van der Waals surface area contributed by atoms with Gasteiger partial charge in [0.15, 0.2) is 0 Å². The maximum Gasteiger partial charge on any atom is 1.00 e. The van der Waals surface area contributed by atoms with Gasteiger partial charge in [0.25, 0.3) is 0 Å². The van der Waals surface area contributed by atoms with Crippen molar-refractivity contribution in [3.8, 4) is 0 Å². The van der Waals surface area contributed by atoms with Crippen LogP contribution in [0.15, 0.2) is 0 Å². The Kier molecular flexibility index (Phi) is 23.4. The van der Waals surface area contributed by atoms with Crippen LogP contribution in [0.25, 0.3) is 0 Å². The molecule has 4 nitrogen and oxygen atoms in total. The zero-order valence-corrected chi connectivity index (χ0v) is 21.8.